The van der Waals surface area contributed by atoms with Gasteiger partial charge in [0.25, 0.3) is 0 Å². The average molecular weight is 654 g/mol. The Morgan fingerprint density at radius 2 is 1.23 bits per heavy atom. The first-order valence-electron chi connectivity index (χ1n) is 17.1. The number of methoxy groups -OCH3 is 2. The smallest absolute Gasteiger partial charge is 0.407 e. The topological polar surface area (TPSA) is 86.3 Å². The molecule has 0 aliphatic heterocycles. The van der Waals surface area contributed by atoms with Crippen LogP contribution in [0.2, 0.25) is 0 Å². The highest BCUT2D eigenvalue weighted by Crippen LogP contribution is 2.43. The third kappa shape index (κ3) is 10.6. The second-order valence-electron chi connectivity index (χ2n) is 12.1. The number of rotatable bonds is 20. The molecule has 0 saturated carbocycles. The van der Waals surface area contributed by atoms with Gasteiger partial charge in [0.1, 0.15) is 23.7 Å². The number of aliphatic hydroxyl groups is 1. The Bertz CT molecular complexity index is 1410. The van der Waals surface area contributed by atoms with Crippen molar-refractivity contribution in [3.63, 3.8) is 0 Å². The summed E-state index contributed by atoms with van der Waals surface area (Å²) in [4.78, 5) is 11.9. The van der Waals surface area contributed by atoms with E-state index in [1.165, 1.54) is 0 Å². The van der Waals surface area contributed by atoms with E-state index in [0.717, 1.165) is 72.3 Å². The number of hydrogen-bond donors (Lipinski definition) is 2. The molecule has 256 valence electrons. The van der Waals surface area contributed by atoms with E-state index in [2.05, 4.69) is 48.6 Å². The molecule has 7 heteroatoms. The molecule has 2 N–H and O–H groups in total. The van der Waals surface area contributed by atoms with Gasteiger partial charge in [-0.1, -0.05) is 118 Å². The molecule has 0 fully saturated rings. The van der Waals surface area contributed by atoms with Crippen LogP contribution in [0.4, 0.5) is 4.79 Å². The van der Waals surface area contributed by atoms with E-state index in [9.17, 15) is 9.90 Å². The van der Waals surface area contributed by atoms with Crippen LogP contribution in [0.5, 0.6) is 11.5 Å². The Labute approximate surface area is 286 Å². The summed E-state index contributed by atoms with van der Waals surface area (Å²) in [5, 5.41) is 14.0. The number of amides is 1. The zero-order valence-corrected chi connectivity index (χ0v) is 28.6. The monoisotopic (exact) mass is 653 g/mol. The third-order valence-corrected chi connectivity index (χ3v) is 8.70. The fourth-order valence-corrected chi connectivity index (χ4v) is 6.00. The summed E-state index contributed by atoms with van der Waals surface area (Å²) in [6, 6.07) is 36.0. The van der Waals surface area contributed by atoms with Crippen LogP contribution in [0.25, 0.3) is 0 Å². The van der Waals surface area contributed by atoms with Gasteiger partial charge in [-0.3, -0.25) is 0 Å². The predicted octanol–water partition coefficient (Wildman–Crippen LogP) is 8.81. The van der Waals surface area contributed by atoms with Gasteiger partial charge in [-0.25, -0.2) is 4.79 Å². The lowest BCUT2D eigenvalue weighted by Crippen LogP contribution is -2.38. The van der Waals surface area contributed by atoms with Crippen molar-refractivity contribution in [2.45, 2.75) is 82.7 Å². The molecule has 7 nitrogen and oxygen atoms in total. The fraction of sp³-hybridized carbons (Fsp3) is 0.390. The van der Waals surface area contributed by atoms with Gasteiger partial charge in [0.15, 0.2) is 0 Å². The summed E-state index contributed by atoms with van der Waals surface area (Å²) in [6.07, 6.45) is 5.86. The molecule has 0 aliphatic carbocycles. The molecule has 0 saturated heterocycles. The van der Waals surface area contributed by atoms with Crippen LogP contribution in [0.1, 0.15) is 80.5 Å². The second kappa shape index (κ2) is 19.5. The summed E-state index contributed by atoms with van der Waals surface area (Å²) < 4.78 is 23.4. The number of aliphatic hydroxyl groups excluding tert-OH is 1. The van der Waals surface area contributed by atoms with Crippen LogP contribution in [0.3, 0.4) is 0 Å². The van der Waals surface area contributed by atoms with Crippen molar-refractivity contribution in [3.05, 3.63) is 131 Å². The van der Waals surface area contributed by atoms with Gasteiger partial charge < -0.3 is 29.4 Å². The van der Waals surface area contributed by atoms with Gasteiger partial charge in [-0.15, -0.1) is 0 Å². The number of carbonyl (C=O) groups is 1. The van der Waals surface area contributed by atoms with Gasteiger partial charge in [-0.05, 0) is 72.2 Å². The Morgan fingerprint density at radius 1 is 0.708 bits per heavy atom. The van der Waals surface area contributed by atoms with Crippen molar-refractivity contribution < 1.29 is 28.8 Å². The molecular formula is C41H51NO6. The Morgan fingerprint density at radius 3 is 1.79 bits per heavy atom. The van der Waals surface area contributed by atoms with Crippen LogP contribution >= 0.6 is 0 Å². The van der Waals surface area contributed by atoms with E-state index in [0.29, 0.717) is 19.4 Å². The molecule has 2 atom stereocenters. The van der Waals surface area contributed by atoms with Crippen molar-refractivity contribution in [2.24, 2.45) is 0 Å². The number of unbranched alkanes of at least 4 members (excludes halogenated alkanes) is 4. The standard InChI is InChI=1S/C41H51NO6/c1-4-37(30-36(43)20-14-6-5-7-15-29-42-40(44)47-31-32-16-10-8-11-17-32)48-41(33-18-12-9-13-19-33,34-21-25-38(45-2)26-22-34)35-23-27-39(46-3)28-24-35/h8-13,16-19,21-28,36-37,43H,4-7,14-15,20,29-31H2,1-3H3,(H,42,44). The van der Waals surface area contributed by atoms with Crippen molar-refractivity contribution >= 4 is 6.09 Å². The van der Waals surface area contributed by atoms with Gasteiger partial charge in [0.2, 0.25) is 0 Å². The molecule has 0 aromatic heterocycles. The maximum atomic E-state index is 11.9. The van der Waals surface area contributed by atoms with Crippen LogP contribution in [0, 0.1) is 0 Å². The Balaban J connectivity index is 1.32. The van der Waals surface area contributed by atoms with Gasteiger partial charge >= 0.3 is 6.09 Å². The molecule has 4 aromatic rings. The molecule has 1 amide bonds. The summed E-state index contributed by atoms with van der Waals surface area (Å²) in [5.41, 5.74) is 3.02. The summed E-state index contributed by atoms with van der Waals surface area (Å²) >= 11 is 0. The van der Waals surface area contributed by atoms with Gasteiger partial charge in [-0.2, -0.15) is 0 Å². The molecule has 0 bridgehead atoms. The number of ether oxygens (including phenoxy) is 4. The molecule has 48 heavy (non-hydrogen) atoms. The maximum absolute atomic E-state index is 11.9. The van der Waals surface area contributed by atoms with Crippen LogP contribution in [0.15, 0.2) is 109 Å². The predicted molar refractivity (Wildman–Crippen MR) is 190 cm³/mol. The zero-order valence-electron chi connectivity index (χ0n) is 28.6. The van der Waals surface area contributed by atoms with E-state index in [4.69, 9.17) is 18.9 Å². The summed E-state index contributed by atoms with van der Waals surface area (Å²) in [5.74, 6) is 1.55. The maximum Gasteiger partial charge on any atom is 0.407 e. The van der Waals surface area contributed by atoms with Crippen molar-refractivity contribution in [1.29, 1.82) is 0 Å². The lowest BCUT2D eigenvalue weighted by Gasteiger charge is -2.39. The molecule has 0 heterocycles. The van der Waals surface area contributed by atoms with Crippen molar-refractivity contribution in [1.82, 2.24) is 5.32 Å². The minimum absolute atomic E-state index is 0.197. The SMILES string of the molecule is CCC(CC(O)CCCCCCCNC(=O)OCc1ccccc1)OC(c1ccccc1)(c1ccc(OC)cc1)c1ccc(OC)cc1. The normalized spacial score (nSPS) is 12.6. The largest absolute Gasteiger partial charge is 0.497 e. The van der Waals surface area contributed by atoms with Crippen LogP contribution < -0.4 is 14.8 Å². The molecule has 4 rings (SSSR count). The van der Waals surface area contributed by atoms with Crippen LogP contribution in [-0.2, 0) is 21.7 Å². The number of hydrogen-bond acceptors (Lipinski definition) is 6. The van der Waals surface area contributed by atoms with Crippen LogP contribution in [-0.4, -0.2) is 44.2 Å². The van der Waals surface area contributed by atoms with Gasteiger partial charge in [0, 0.05) is 6.54 Å². The first-order valence-corrected chi connectivity index (χ1v) is 17.1. The average Bonchev–Trinajstić information content (AvgIpc) is 3.14. The molecule has 0 radical (unpaired) electrons. The quantitative estimate of drug-likeness (QED) is 0.0733. The first-order chi connectivity index (χ1) is 23.5. The second-order valence-corrected chi connectivity index (χ2v) is 12.1. The third-order valence-electron chi connectivity index (χ3n) is 8.70. The lowest BCUT2D eigenvalue weighted by atomic mass is 9.79. The highest BCUT2D eigenvalue weighted by molar-refractivity contribution is 5.67. The highest BCUT2D eigenvalue weighted by atomic mass is 16.5. The van der Waals surface area contributed by atoms with E-state index < -0.39 is 11.7 Å². The minimum atomic E-state index is -0.914. The Kier molecular flexibility index (Phi) is 14.8. The van der Waals surface area contributed by atoms with E-state index in [-0.39, 0.29) is 18.8 Å². The molecule has 0 spiro atoms. The zero-order chi connectivity index (χ0) is 34.0. The summed E-state index contributed by atoms with van der Waals surface area (Å²) in [6.45, 7) is 2.98. The molecular weight excluding hydrogens is 602 g/mol. The number of benzene rings is 4. The Hall–Kier alpha value is -4.33. The number of alkyl carbamates (subject to hydrolysis) is 1. The molecule has 0 aliphatic rings. The molecule has 2 unspecified atom stereocenters. The number of carbonyl (C=O) groups excluding carboxylic acids is 1. The molecule has 4 aromatic carbocycles. The minimum Gasteiger partial charge on any atom is -0.497 e. The fourth-order valence-electron chi connectivity index (χ4n) is 6.00. The van der Waals surface area contributed by atoms with Crippen molar-refractivity contribution in [3.8, 4) is 11.5 Å². The lowest BCUT2D eigenvalue weighted by molar-refractivity contribution is -0.0684. The number of nitrogens with one attached hydrogen (secondary N) is 1. The van der Waals surface area contributed by atoms with E-state index in [1.807, 2.05) is 72.8 Å². The van der Waals surface area contributed by atoms with Crippen molar-refractivity contribution in [2.75, 3.05) is 20.8 Å². The van der Waals surface area contributed by atoms with E-state index in [1.54, 1.807) is 14.2 Å². The summed E-state index contributed by atoms with van der Waals surface area (Å²) in [7, 11) is 3.33. The van der Waals surface area contributed by atoms with Gasteiger partial charge in [0.05, 0.1) is 26.4 Å². The van der Waals surface area contributed by atoms with E-state index >= 15 is 0 Å². The highest BCUT2D eigenvalue weighted by Gasteiger charge is 2.40. The first kappa shape index (κ1) is 36.5.